The molecular weight excluding hydrogens is 593 g/mol. The molecule has 0 unspecified atom stereocenters. The molecule has 0 amide bonds. The van der Waals surface area contributed by atoms with Gasteiger partial charge in [0.15, 0.2) is 0 Å². The van der Waals surface area contributed by atoms with Crippen molar-refractivity contribution < 1.29 is 45.5 Å². The van der Waals surface area contributed by atoms with Gasteiger partial charge in [0.25, 0.3) is 0 Å². The largest absolute Gasteiger partial charge is 0.455 e. The molecule has 0 spiro atoms. The molecule has 0 saturated carbocycles. The van der Waals surface area contributed by atoms with Crippen molar-refractivity contribution in [3.8, 4) is 44.5 Å². The highest BCUT2D eigenvalue weighted by Crippen LogP contribution is 2.47. The molecule has 1 nitrogen and oxygen atoms in total. The van der Waals surface area contributed by atoms with Crippen molar-refractivity contribution in [1.29, 1.82) is 0 Å². The van der Waals surface area contributed by atoms with Crippen LogP contribution in [0.1, 0.15) is 41.1 Å². The van der Waals surface area contributed by atoms with E-state index in [1.54, 1.807) is 0 Å². The highest BCUT2D eigenvalue weighted by molar-refractivity contribution is 6.24. The Hall–Kier alpha value is -6.44. The molecule has 49 heavy (non-hydrogen) atoms. The third kappa shape index (κ3) is 4.40. The lowest BCUT2D eigenvalue weighted by molar-refractivity contribution is 0.671. The summed E-state index contributed by atoms with van der Waals surface area (Å²) in [6, 6.07) is -28.8. The molecule has 0 N–H and O–H groups in total. The van der Waals surface area contributed by atoms with Crippen LogP contribution in [0, 0.1) is 0 Å². The first-order valence-electron chi connectivity index (χ1n) is 29.4. The third-order valence-electron chi connectivity index (χ3n) is 7.86. The summed E-state index contributed by atoms with van der Waals surface area (Å²) in [6.45, 7) is 0. The molecule has 0 saturated heterocycles. The van der Waals surface area contributed by atoms with Crippen LogP contribution in [0.2, 0.25) is 0 Å². The molecule has 10 rings (SSSR count). The average Bonchev–Trinajstić information content (AvgIpc) is 4.09. The zero-order valence-electron chi connectivity index (χ0n) is 54.4. The Balaban J connectivity index is 1.46. The summed E-state index contributed by atoms with van der Waals surface area (Å²) >= 11 is 0. The molecule has 0 aliphatic carbocycles. The molecule has 0 aliphatic heterocycles. The van der Waals surface area contributed by atoms with Gasteiger partial charge < -0.3 is 4.42 Å². The maximum absolute atomic E-state index is 9.57. The highest BCUT2D eigenvalue weighted by Gasteiger charge is 2.21. The van der Waals surface area contributed by atoms with E-state index in [2.05, 4.69) is 0 Å². The first-order chi connectivity index (χ1) is 36.8. The van der Waals surface area contributed by atoms with E-state index in [9.17, 15) is 13.7 Å². The SMILES string of the molecule is [2H]c1c([2H])c([2H])c(-c2c([2H])c([2H])c([2H])c3c2oc2c(-c4c5c([2H])c([2H])c([2H])c([2H])c5c(-c5c([2H])c([2H])c(-c6c([2H])c([2H])c7c([2H])c([2H])c([2H])c([2H])c7c6[2H])c([2H])c5[2H])c5c([2H])c([2H])c([2H])c([2H])c45)c([2H])c([2H])c([2H])c23)c([2H])c1[2H]. The van der Waals surface area contributed by atoms with Crippen LogP contribution in [0.5, 0.6) is 0 Å². The van der Waals surface area contributed by atoms with E-state index in [4.69, 9.17) is 31.8 Å². The summed E-state index contributed by atoms with van der Waals surface area (Å²) < 4.78 is 276. The number of hydrogen-bond donors (Lipinski definition) is 0. The summed E-state index contributed by atoms with van der Waals surface area (Å²) in [6.07, 6.45) is 0. The lowest BCUT2D eigenvalue weighted by Crippen LogP contribution is -1.91. The van der Waals surface area contributed by atoms with E-state index in [1.807, 2.05) is 0 Å². The average molecular weight is 653 g/mol. The van der Waals surface area contributed by atoms with Crippen LogP contribution in [0.3, 0.4) is 0 Å². The van der Waals surface area contributed by atoms with Crippen molar-refractivity contribution in [2.24, 2.45) is 0 Å². The van der Waals surface area contributed by atoms with Gasteiger partial charge in [-0.15, -0.1) is 0 Å². The Labute approximate surface area is 326 Å². The van der Waals surface area contributed by atoms with Crippen LogP contribution in [-0.2, 0) is 0 Å². The van der Waals surface area contributed by atoms with Gasteiger partial charge in [0.2, 0.25) is 0 Å². The molecule has 1 aromatic heterocycles. The molecule has 1 heteroatoms. The maximum atomic E-state index is 9.57. The van der Waals surface area contributed by atoms with E-state index in [-0.39, 0.29) is 0 Å². The minimum atomic E-state index is -1.13. The van der Waals surface area contributed by atoms with Crippen LogP contribution in [-0.4, -0.2) is 0 Å². The molecule has 0 radical (unpaired) electrons. The van der Waals surface area contributed by atoms with Crippen molar-refractivity contribution in [1.82, 2.24) is 0 Å². The lowest BCUT2D eigenvalue weighted by atomic mass is 9.85. The van der Waals surface area contributed by atoms with E-state index < -0.39 is 280 Å². The number of para-hydroxylation sites is 2. The highest BCUT2D eigenvalue weighted by atomic mass is 16.3. The van der Waals surface area contributed by atoms with Gasteiger partial charge in [0.05, 0.1) is 41.1 Å². The van der Waals surface area contributed by atoms with E-state index in [0.717, 1.165) is 0 Å². The second-order valence-corrected chi connectivity index (χ2v) is 10.5. The number of fused-ring (bicyclic) bond motifs is 6. The zero-order chi connectivity index (χ0) is 58.4. The second-order valence-electron chi connectivity index (χ2n) is 10.5. The first kappa shape index (κ1) is 11.1. The normalized spacial score (nSPS) is 20.2. The number of hydrogen-bond acceptors (Lipinski definition) is 1. The van der Waals surface area contributed by atoms with Crippen molar-refractivity contribution in [2.75, 3.05) is 0 Å². The Morgan fingerprint density at radius 2 is 0.796 bits per heavy atom. The third-order valence-corrected chi connectivity index (χ3v) is 7.86. The topological polar surface area (TPSA) is 13.1 Å². The van der Waals surface area contributed by atoms with Gasteiger partial charge >= 0.3 is 0 Å². The first-order valence-corrected chi connectivity index (χ1v) is 14.4. The molecule has 10 aromatic rings. The molecule has 228 valence electrons. The van der Waals surface area contributed by atoms with Crippen LogP contribution in [0.15, 0.2) is 186 Å². The Bertz CT molecular complexity index is 4460. The van der Waals surface area contributed by atoms with Crippen molar-refractivity contribution in [3.05, 3.63) is 181 Å². The van der Waals surface area contributed by atoms with E-state index >= 15 is 0 Å². The minimum Gasteiger partial charge on any atom is -0.455 e. The lowest BCUT2D eigenvalue weighted by Gasteiger charge is -2.18. The van der Waals surface area contributed by atoms with Gasteiger partial charge in [-0.3, -0.25) is 0 Å². The quantitative estimate of drug-likeness (QED) is 0.172. The number of benzene rings is 9. The van der Waals surface area contributed by atoms with Crippen LogP contribution in [0.25, 0.3) is 98.8 Å². The summed E-state index contributed by atoms with van der Waals surface area (Å²) in [5.74, 6) is 0. The number of rotatable bonds is 4. The fraction of sp³-hybridized carbons (Fsp3) is 0. The fourth-order valence-electron chi connectivity index (χ4n) is 5.77. The predicted octanol–water partition coefficient (Wildman–Crippen LogP) is 13.7. The molecule has 9 aromatic carbocycles. The van der Waals surface area contributed by atoms with E-state index in [1.165, 1.54) is 0 Å². The summed E-state index contributed by atoms with van der Waals surface area (Å²) in [5, 5.41) is -5.50. The van der Waals surface area contributed by atoms with Gasteiger partial charge in [-0.1, -0.05) is 175 Å². The summed E-state index contributed by atoms with van der Waals surface area (Å²) in [5.41, 5.74) is -7.73. The summed E-state index contributed by atoms with van der Waals surface area (Å²) in [7, 11) is 0. The monoisotopic (exact) mass is 652 g/mol. The number of furan rings is 1. The van der Waals surface area contributed by atoms with Crippen LogP contribution >= 0.6 is 0 Å². The van der Waals surface area contributed by atoms with Gasteiger partial charge in [-0.05, 0) is 66.2 Å². The standard InChI is InChI=1S/C48H30O/c1-2-13-33(14-3-1)37-20-10-21-42-43-22-11-23-44(48(43)49-47(37)42)46-40-18-8-6-16-38(40)45(39-17-7-9-19-41(39)46)34-27-24-32(25-28-34)36-29-26-31-12-4-5-15-35(31)30-36/h1-30H/i1D,2D,3D,4D,5D,6D,7D,8D,9D,10D,11D,12D,13D,14D,15D,16D,17D,18D,19D,20D,21D,22D,23D,24D,25D,26D,27D,28D,29D,30D. The Kier molecular flexibility index (Phi) is 2.50. The zero-order valence-corrected chi connectivity index (χ0v) is 24.4. The molecule has 0 atom stereocenters. The molecular formula is C48H30O. The second kappa shape index (κ2) is 11.1. The molecule has 0 aliphatic rings. The van der Waals surface area contributed by atoms with Crippen molar-refractivity contribution in [3.63, 3.8) is 0 Å². The summed E-state index contributed by atoms with van der Waals surface area (Å²) in [4.78, 5) is 0. The van der Waals surface area contributed by atoms with Gasteiger partial charge in [-0.25, -0.2) is 0 Å². The van der Waals surface area contributed by atoms with Gasteiger partial charge in [0.1, 0.15) is 11.2 Å². The Morgan fingerprint density at radius 3 is 1.47 bits per heavy atom. The van der Waals surface area contributed by atoms with E-state index in [0.29, 0.717) is 0 Å². The minimum absolute atomic E-state index is 0.555. The van der Waals surface area contributed by atoms with Gasteiger partial charge in [0, 0.05) is 27.5 Å². The fourth-order valence-corrected chi connectivity index (χ4v) is 5.77. The Morgan fingerprint density at radius 1 is 0.306 bits per heavy atom. The predicted molar refractivity (Wildman–Crippen MR) is 208 cm³/mol. The van der Waals surface area contributed by atoms with Crippen LogP contribution < -0.4 is 0 Å². The van der Waals surface area contributed by atoms with Crippen LogP contribution in [0.4, 0.5) is 0 Å². The smallest absolute Gasteiger partial charge is 0.143 e. The maximum Gasteiger partial charge on any atom is 0.143 e. The molecule has 0 bridgehead atoms. The van der Waals surface area contributed by atoms with Crippen molar-refractivity contribution >= 4 is 54.3 Å². The molecule has 1 heterocycles. The van der Waals surface area contributed by atoms with Gasteiger partial charge in [-0.2, -0.15) is 0 Å². The molecule has 0 fully saturated rings. The van der Waals surface area contributed by atoms with Crippen molar-refractivity contribution in [2.45, 2.75) is 0 Å².